The van der Waals surface area contributed by atoms with E-state index in [1.54, 1.807) is 25.3 Å². The average Bonchev–Trinajstić information content (AvgIpc) is 2.56. The van der Waals surface area contributed by atoms with E-state index in [-0.39, 0.29) is 35.3 Å². The van der Waals surface area contributed by atoms with Crippen molar-refractivity contribution in [3.63, 3.8) is 0 Å². The summed E-state index contributed by atoms with van der Waals surface area (Å²) in [7, 11) is 1.56. The zero-order valence-electron chi connectivity index (χ0n) is 13.3. The van der Waals surface area contributed by atoms with Crippen molar-refractivity contribution in [3.05, 3.63) is 28.8 Å². The minimum atomic E-state index is -0.389. The maximum Gasteiger partial charge on any atom is 0.252 e. The van der Waals surface area contributed by atoms with Crippen LogP contribution in [0, 0.1) is 0 Å². The van der Waals surface area contributed by atoms with Crippen LogP contribution in [0.2, 0.25) is 5.02 Å². The molecule has 24 heavy (non-hydrogen) atoms. The quantitative estimate of drug-likeness (QED) is 0.645. The van der Waals surface area contributed by atoms with Gasteiger partial charge in [0.15, 0.2) is 0 Å². The highest BCUT2D eigenvalue weighted by Gasteiger charge is 2.21. The summed E-state index contributed by atoms with van der Waals surface area (Å²) in [6.07, 6.45) is 0. The minimum absolute atomic E-state index is 0. The summed E-state index contributed by atoms with van der Waals surface area (Å²) in [5.74, 6) is -0.481. The summed E-state index contributed by atoms with van der Waals surface area (Å²) in [5.41, 5.74) is 0.876. The van der Waals surface area contributed by atoms with Gasteiger partial charge in [0.2, 0.25) is 5.91 Å². The van der Waals surface area contributed by atoms with Gasteiger partial charge in [0.25, 0.3) is 5.91 Å². The van der Waals surface area contributed by atoms with Crippen LogP contribution in [0.1, 0.15) is 10.4 Å². The smallest absolute Gasteiger partial charge is 0.252 e. The van der Waals surface area contributed by atoms with E-state index in [1.165, 1.54) is 0 Å². The van der Waals surface area contributed by atoms with Crippen molar-refractivity contribution in [1.29, 1.82) is 0 Å². The molecule has 2 amide bonds. The third-order valence-corrected chi connectivity index (χ3v) is 3.62. The molecule has 0 bridgehead atoms. The lowest BCUT2D eigenvalue weighted by atomic mass is 10.1. The summed E-state index contributed by atoms with van der Waals surface area (Å²) >= 11 is 6.12. The average molecular weight is 378 g/mol. The van der Waals surface area contributed by atoms with E-state index in [1.807, 2.05) is 0 Å². The van der Waals surface area contributed by atoms with Crippen LogP contribution in [0.25, 0.3) is 0 Å². The number of rotatable bonds is 6. The fraction of sp³-hybridized carbons (Fsp3) is 0.467. The molecule has 1 fully saturated rings. The molecule has 9 heteroatoms. The second kappa shape index (κ2) is 10.5. The minimum Gasteiger partial charge on any atom is -0.383 e. The number of nitrogens with one attached hydrogen (secondary N) is 3. The molecule has 0 aromatic heterocycles. The molecule has 7 nitrogen and oxygen atoms in total. The number of hydrogen-bond donors (Lipinski definition) is 3. The van der Waals surface area contributed by atoms with Crippen molar-refractivity contribution in [1.82, 2.24) is 10.6 Å². The van der Waals surface area contributed by atoms with E-state index in [2.05, 4.69) is 16.0 Å². The van der Waals surface area contributed by atoms with E-state index < -0.39 is 0 Å². The van der Waals surface area contributed by atoms with Gasteiger partial charge >= 0.3 is 0 Å². The molecule has 1 aliphatic heterocycles. The summed E-state index contributed by atoms with van der Waals surface area (Å²) < 4.78 is 10.1. The Bertz CT molecular complexity index is 566. The van der Waals surface area contributed by atoms with Crippen LogP contribution in [0.4, 0.5) is 5.69 Å². The van der Waals surface area contributed by atoms with Crippen LogP contribution in [0.15, 0.2) is 18.2 Å². The first-order valence-electron chi connectivity index (χ1n) is 7.30. The lowest BCUT2D eigenvalue weighted by Gasteiger charge is -2.23. The number of ether oxygens (including phenoxy) is 2. The Morgan fingerprint density at radius 2 is 2.25 bits per heavy atom. The van der Waals surface area contributed by atoms with E-state index in [9.17, 15) is 9.59 Å². The van der Waals surface area contributed by atoms with Crippen LogP contribution < -0.4 is 16.0 Å². The van der Waals surface area contributed by atoms with Gasteiger partial charge in [0.1, 0.15) is 6.04 Å². The molecule has 3 N–H and O–H groups in total. The fourth-order valence-corrected chi connectivity index (χ4v) is 2.37. The van der Waals surface area contributed by atoms with Crippen molar-refractivity contribution < 1.29 is 19.1 Å². The summed E-state index contributed by atoms with van der Waals surface area (Å²) in [5, 5.41) is 8.78. The number of hydrogen-bond acceptors (Lipinski definition) is 5. The van der Waals surface area contributed by atoms with Gasteiger partial charge in [0.05, 0.1) is 30.4 Å². The van der Waals surface area contributed by atoms with Gasteiger partial charge in [-0.15, -0.1) is 12.4 Å². The number of morpholine rings is 1. The van der Waals surface area contributed by atoms with Gasteiger partial charge in [-0.3, -0.25) is 9.59 Å². The zero-order valence-corrected chi connectivity index (χ0v) is 14.8. The molecule has 0 spiro atoms. The summed E-state index contributed by atoms with van der Waals surface area (Å²) in [6, 6.07) is 4.37. The van der Waals surface area contributed by atoms with E-state index >= 15 is 0 Å². The number of anilines is 1. The number of amides is 2. The Morgan fingerprint density at radius 3 is 2.88 bits per heavy atom. The maximum atomic E-state index is 12.1. The summed E-state index contributed by atoms with van der Waals surface area (Å²) in [6.45, 7) is 2.40. The Morgan fingerprint density at radius 1 is 1.46 bits per heavy atom. The molecule has 1 atom stereocenters. The van der Waals surface area contributed by atoms with Crippen LogP contribution in [0.3, 0.4) is 0 Å². The molecule has 0 saturated carbocycles. The monoisotopic (exact) mass is 377 g/mol. The van der Waals surface area contributed by atoms with Gasteiger partial charge < -0.3 is 25.4 Å². The van der Waals surface area contributed by atoms with E-state index in [0.29, 0.717) is 44.2 Å². The first-order valence-corrected chi connectivity index (χ1v) is 7.68. The number of carbonyl (C=O) groups is 2. The van der Waals surface area contributed by atoms with Crippen LogP contribution in [-0.2, 0) is 14.3 Å². The molecule has 1 saturated heterocycles. The van der Waals surface area contributed by atoms with Gasteiger partial charge in [0, 0.05) is 25.9 Å². The molecule has 0 aliphatic carbocycles. The van der Waals surface area contributed by atoms with Crippen molar-refractivity contribution in [2.75, 3.05) is 45.3 Å². The molecule has 1 aromatic rings. The number of halogens is 2. The molecule has 0 radical (unpaired) electrons. The molecular weight excluding hydrogens is 357 g/mol. The van der Waals surface area contributed by atoms with Gasteiger partial charge in [-0.05, 0) is 18.2 Å². The lowest BCUT2D eigenvalue weighted by Crippen LogP contribution is -2.48. The first kappa shape index (κ1) is 20.7. The third kappa shape index (κ3) is 5.92. The standard InChI is InChI=1S/C15H20ClN3O4.ClH/c1-22-6-4-18-14(20)11-3-2-10(8-12(11)16)19-15(21)13-9-23-7-5-17-13;/h2-3,8,13,17H,4-7,9H2,1H3,(H,18,20)(H,19,21);1H. The van der Waals surface area contributed by atoms with E-state index in [4.69, 9.17) is 21.1 Å². The highest BCUT2D eigenvalue weighted by Crippen LogP contribution is 2.21. The van der Waals surface area contributed by atoms with Gasteiger partial charge in [-0.25, -0.2) is 0 Å². The van der Waals surface area contributed by atoms with E-state index in [0.717, 1.165) is 0 Å². The fourth-order valence-electron chi connectivity index (χ4n) is 2.10. The van der Waals surface area contributed by atoms with Crippen molar-refractivity contribution in [2.45, 2.75) is 6.04 Å². The Kier molecular flexibility index (Phi) is 9.02. The van der Waals surface area contributed by atoms with Crippen molar-refractivity contribution >= 4 is 41.5 Å². The SMILES string of the molecule is COCCNC(=O)c1ccc(NC(=O)C2COCCN2)cc1Cl.Cl. The second-order valence-corrected chi connectivity index (χ2v) is 5.42. The first-order chi connectivity index (χ1) is 11.1. The van der Waals surface area contributed by atoms with Crippen LogP contribution >= 0.6 is 24.0 Å². The Balaban J connectivity index is 0.00000288. The largest absolute Gasteiger partial charge is 0.383 e. The predicted octanol–water partition coefficient (Wildman–Crippen LogP) is 1.06. The molecule has 134 valence electrons. The van der Waals surface area contributed by atoms with Crippen molar-refractivity contribution in [3.8, 4) is 0 Å². The highest BCUT2D eigenvalue weighted by atomic mass is 35.5. The van der Waals surface area contributed by atoms with Gasteiger partial charge in [-0.2, -0.15) is 0 Å². The topological polar surface area (TPSA) is 88.7 Å². The lowest BCUT2D eigenvalue weighted by molar-refractivity contribution is -0.120. The highest BCUT2D eigenvalue weighted by molar-refractivity contribution is 6.34. The molecule has 1 aromatic carbocycles. The number of benzene rings is 1. The predicted molar refractivity (Wildman–Crippen MR) is 94.1 cm³/mol. The molecule has 1 aliphatic rings. The Hall–Kier alpha value is -1.38. The second-order valence-electron chi connectivity index (χ2n) is 5.01. The van der Waals surface area contributed by atoms with Crippen LogP contribution in [0.5, 0.6) is 0 Å². The molecule has 1 heterocycles. The Labute approximate surface area is 151 Å². The third-order valence-electron chi connectivity index (χ3n) is 3.31. The molecule has 2 rings (SSSR count). The number of carbonyl (C=O) groups excluding carboxylic acids is 2. The molecule has 1 unspecified atom stereocenters. The normalized spacial score (nSPS) is 16.8. The molecular formula is C15H21Cl2N3O4. The van der Waals surface area contributed by atoms with Gasteiger partial charge in [-0.1, -0.05) is 11.6 Å². The zero-order chi connectivity index (χ0) is 16.7. The number of methoxy groups -OCH3 is 1. The van der Waals surface area contributed by atoms with Crippen molar-refractivity contribution in [2.24, 2.45) is 0 Å². The maximum absolute atomic E-state index is 12.1. The van der Waals surface area contributed by atoms with Crippen LogP contribution in [-0.4, -0.2) is 57.9 Å². The summed E-state index contributed by atoms with van der Waals surface area (Å²) in [4.78, 5) is 24.0.